The molecule has 1 atom stereocenters. The highest BCUT2D eigenvalue weighted by molar-refractivity contribution is 7.17. The Labute approximate surface area is 160 Å². The summed E-state index contributed by atoms with van der Waals surface area (Å²) in [4.78, 5) is 40.7. The summed E-state index contributed by atoms with van der Waals surface area (Å²) in [5, 5.41) is 5.60. The van der Waals surface area contributed by atoms with Gasteiger partial charge >= 0.3 is 5.97 Å². The van der Waals surface area contributed by atoms with Gasteiger partial charge in [0.05, 0.1) is 20.4 Å². The van der Waals surface area contributed by atoms with E-state index in [-0.39, 0.29) is 21.8 Å². The van der Waals surface area contributed by atoms with Gasteiger partial charge in [-0.1, -0.05) is 25.2 Å². The van der Waals surface area contributed by atoms with Gasteiger partial charge in [0.2, 0.25) is 5.91 Å². The average molecular weight is 391 g/mol. The Hall–Kier alpha value is -2.94. The van der Waals surface area contributed by atoms with Crippen molar-refractivity contribution >= 4 is 34.3 Å². The molecule has 0 spiro atoms. The maximum absolute atomic E-state index is 12.6. The van der Waals surface area contributed by atoms with Crippen molar-refractivity contribution in [3.05, 3.63) is 40.9 Å². The molecule has 2 amide bonds. The van der Waals surface area contributed by atoms with Crippen molar-refractivity contribution in [1.29, 1.82) is 0 Å². The van der Waals surface area contributed by atoms with Crippen LogP contribution in [0.25, 0.3) is 0 Å². The summed E-state index contributed by atoms with van der Waals surface area (Å²) in [6.07, 6.45) is 1.33. The minimum atomic E-state index is -0.773. The number of nitrogens with zero attached hydrogens (tertiary/aromatic N) is 1. The zero-order valence-electron chi connectivity index (χ0n) is 15.4. The number of amides is 2. The number of ether oxygens (including phenoxy) is 2. The number of carbonyl (C=O) groups excluding carboxylic acids is 3. The van der Waals surface area contributed by atoms with Crippen molar-refractivity contribution < 1.29 is 23.9 Å². The van der Waals surface area contributed by atoms with Crippen molar-refractivity contribution in [3.8, 4) is 5.75 Å². The van der Waals surface area contributed by atoms with E-state index >= 15 is 0 Å². The van der Waals surface area contributed by atoms with E-state index in [1.165, 1.54) is 13.3 Å². The highest BCUT2D eigenvalue weighted by Crippen LogP contribution is 2.20. The minimum Gasteiger partial charge on any atom is -0.497 e. The monoisotopic (exact) mass is 391 g/mol. The van der Waals surface area contributed by atoms with E-state index in [2.05, 4.69) is 20.4 Å². The number of nitrogens with one attached hydrogen (secondary N) is 2. The predicted molar refractivity (Wildman–Crippen MR) is 101 cm³/mol. The van der Waals surface area contributed by atoms with E-state index in [0.29, 0.717) is 11.3 Å². The summed E-state index contributed by atoms with van der Waals surface area (Å²) < 4.78 is 9.68. The second-order valence-corrected chi connectivity index (χ2v) is 6.96. The van der Waals surface area contributed by atoms with Crippen LogP contribution in [0.1, 0.15) is 33.9 Å². The third kappa shape index (κ3) is 5.27. The number of hydrogen-bond donors (Lipinski definition) is 2. The number of rotatable bonds is 7. The highest BCUT2D eigenvalue weighted by atomic mass is 32.1. The second kappa shape index (κ2) is 9.13. The summed E-state index contributed by atoms with van der Waals surface area (Å²) in [5.74, 6) is -0.846. The quantitative estimate of drug-likeness (QED) is 0.702. The highest BCUT2D eigenvalue weighted by Gasteiger charge is 2.26. The van der Waals surface area contributed by atoms with Crippen molar-refractivity contribution in [1.82, 2.24) is 10.3 Å². The van der Waals surface area contributed by atoms with E-state index in [9.17, 15) is 14.4 Å². The molecule has 1 aromatic carbocycles. The van der Waals surface area contributed by atoms with Crippen molar-refractivity contribution in [3.63, 3.8) is 0 Å². The van der Waals surface area contributed by atoms with Crippen LogP contribution in [0.4, 0.5) is 5.13 Å². The summed E-state index contributed by atoms with van der Waals surface area (Å²) in [7, 11) is 2.81. The van der Waals surface area contributed by atoms with Gasteiger partial charge in [0.15, 0.2) is 5.13 Å². The molecule has 0 aliphatic heterocycles. The third-order valence-corrected chi connectivity index (χ3v) is 4.60. The molecule has 0 saturated carbocycles. The molecule has 144 valence electrons. The summed E-state index contributed by atoms with van der Waals surface area (Å²) in [5.41, 5.74) is 0.413. The van der Waals surface area contributed by atoms with Gasteiger partial charge in [0, 0.05) is 5.56 Å². The standard InChI is InChI=1S/C18H21N3O5S/c1-10(2)14(20-15(22)11-5-7-12(25-3)8-6-11)16(23)21-18-19-9-13(27-18)17(24)26-4/h5-10,14H,1-4H3,(H,20,22)(H,19,21,23)/t14-/m0/s1. The zero-order chi connectivity index (χ0) is 20.0. The first-order valence-electron chi connectivity index (χ1n) is 8.15. The molecule has 0 aliphatic carbocycles. The first-order chi connectivity index (χ1) is 12.8. The largest absolute Gasteiger partial charge is 0.497 e. The Morgan fingerprint density at radius 2 is 1.78 bits per heavy atom. The number of benzene rings is 1. The number of hydrogen-bond acceptors (Lipinski definition) is 7. The van der Waals surface area contributed by atoms with E-state index in [0.717, 1.165) is 11.3 Å². The average Bonchev–Trinajstić information content (AvgIpc) is 3.13. The van der Waals surface area contributed by atoms with Crippen LogP contribution in [0.15, 0.2) is 30.5 Å². The molecule has 0 saturated heterocycles. The van der Waals surface area contributed by atoms with E-state index in [1.54, 1.807) is 31.4 Å². The number of carbonyl (C=O) groups is 3. The molecule has 0 fully saturated rings. The molecule has 1 heterocycles. The topological polar surface area (TPSA) is 107 Å². The van der Waals surface area contributed by atoms with Crippen LogP contribution in [0.5, 0.6) is 5.75 Å². The first-order valence-corrected chi connectivity index (χ1v) is 8.97. The van der Waals surface area contributed by atoms with Gasteiger partial charge in [-0.25, -0.2) is 9.78 Å². The summed E-state index contributed by atoms with van der Waals surface area (Å²) >= 11 is 0.998. The van der Waals surface area contributed by atoms with Gasteiger partial charge in [-0.15, -0.1) is 0 Å². The van der Waals surface area contributed by atoms with Crippen molar-refractivity contribution in [2.24, 2.45) is 5.92 Å². The van der Waals surface area contributed by atoms with Crippen LogP contribution in [-0.4, -0.2) is 43.0 Å². The van der Waals surface area contributed by atoms with Gasteiger partial charge in [0.1, 0.15) is 16.7 Å². The number of thiazole rings is 1. The Balaban J connectivity index is 2.06. The lowest BCUT2D eigenvalue weighted by molar-refractivity contribution is -0.118. The van der Waals surface area contributed by atoms with Crippen molar-refractivity contribution in [2.45, 2.75) is 19.9 Å². The Morgan fingerprint density at radius 3 is 2.33 bits per heavy atom. The fourth-order valence-corrected chi connectivity index (χ4v) is 2.95. The Morgan fingerprint density at radius 1 is 1.11 bits per heavy atom. The van der Waals surface area contributed by atoms with Gasteiger partial charge < -0.3 is 20.1 Å². The van der Waals surface area contributed by atoms with Crippen molar-refractivity contribution in [2.75, 3.05) is 19.5 Å². The number of anilines is 1. The fraction of sp³-hybridized carbons (Fsp3) is 0.333. The van der Waals surface area contributed by atoms with Crippen LogP contribution in [0.2, 0.25) is 0 Å². The summed E-state index contributed by atoms with van der Waals surface area (Å²) in [6.45, 7) is 3.64. The molecular weight excluding hydrogens is 370 g/mol. The van der Waals surface area contributed by atoms with Gasteiger partial charge in [-0.2, -0.15) is 0 Å². The smallest absolute Gasteiger partial charge is 0.349 e. The molecule has 0 aliphatic rings. The lowest BCUT2D eigenvalue weighted by Crippen LogP contribution is -2.47. The van der Waals surface area contributed by atoms with Crippen LogP contribution in [0.3, 0.4) is 0 Å². The molecule has 1 aromatic heterocycles. The molecule has 8 nitrogen and oxygen atoms in total. The first kappa shape index (κ1) is 20.4. The minimum absolute atomic E-state index is 0.160. The van der Waals surface area contributed by atoms with Crippen LogP contribution in [0, 0.1) is 5.92 Å². The number of methoxy groups -OCH3 is 2. The van der Waals surface area contributed by atoms with E-state index < -0.39 is 17.9 Å². The van der Waals surface area contributed by atoms with Crippen LogP contribution in [-0.2, 0) is 9.53 Å². The maximum Gasteiger partial charge on any atom is 0.349 e. The van der Waals surface area contributed by atoms with E-state index in [4.69, 9.17) is 4.74 Å². The van der Waals surface area contributed by atoms with Gasteiger partial charge in [0.25, 0.3) is 5.91 Å². The Kier molecular flexibility index (Phi) is 6.89. The van der Waals surface area contributed by atoms with Gasteiger partial charge in [-0.05, 0) is 30.2 Å². The number of aromatic nitrogens is 1. The van der Waals surface area contributed by atoms with Crippen LogP contribution < -0.4 is 15.4 Å². The molecule has 9 heteroatoms. The number of esters is 1. The fourth-order valence-electron chi connectivity index (χ4n) is 2.21. The molecule has 2 N–H and O–H groups in total. The normalized spacial score (nSPS) is 11.6. The zero-order valence-corrected chi connectivity index (χ0v) is 16.3. The van der Waals surface area contributed by atoms with Gasteiger partial charge in [-0.3, -0.25) is 9.59 Å². The lowest BCUT2D eigenvalue weighted by Gasteiger charge is -2.21. The molecule has 27 heavy (non-hydrogen) atoms. The summed E-state index contributed by atoms with van der Waals surface area (Å²) in [6, 6.07) is 5.80. The molecule has 2 aromatic rings. The third-order valence-electron chi connectivity index (χ3n) is 3.71. The molecular formula is C18H21N3O5S. The Bertz CT molecular complexity index is 817. The molecule has 0 bridgehead atoms. The predicted octanol–water partition coefficient (Wildman–Crippen LogP) is 2.33. The second-order valence-electron chi connectivity index (χ2n) is 5.93. The van der Waals surface area contributed by atoms with Crippen LogP contribution >= 0.6 is 11.3 Å². The molecule has 0 radical (unpaired) electrons. The lowest BCUT2D eigenvalue weighted by atomic mass is 10.0. The SMILES string of the molecule is COC(=O)c1cnc(NC(=O)[C@@H](NC(=O)c2ccc(OC)cc2)C(C)C)s1. The maximum atomic E-state index is 12.6. The van der Waals surface area contributed by atoms with E-state index in [1.807, 2.05) is 13.8 Å². The molecule has 0 unspecified atom stereocenters. The molecule has 2 rings (SSSR count).